The quantitative estimate of drug-likeness (QED) is 0.580. The minimum Gasteiger partial charge on any atom is -0.497 e. The number of hydrogen-bond donors (Lipinski definition) is 2. The summed E-state index contributed by atoms with van der Waals surface area (Å²) in [6, 6.07) is 14.0. The third kappa shape index (κ3) is 4.80. The molecule has 0 amide bonds. The summed E-state index contributed by atoms with van der Waals surface area (Å²) in [5, 5.41) is 18.2. The van der Waals surface area contributed by atoms with E-state index in [4.69, 9.17) is 4.74 Å². The van der Waals surface area contributed by atoms with Gasteiger partial charge < -0.3 is 19.6 Å². The van der Waals surface area contributed by atoms with E-state index in [1.165, 1.54) is 72.4 Å². The second-order valence-electron chi connectivity index (χ2n) is 11.1. The fourth-order valence-electron chi connectivity index (χ4n) is 7.24. The van der Waals surface area contributed by atoms with Crippen molar-refractivity contribution in [2.75, 3.05) is 39.8 Å². The Balaban J connectivity index is 1.53. The third-order valence-corrected chi connectivity index (χ3v) is 9.18. The van der Waals surface area contributed by atoms with Gasteiger partial charge in [-0.2, -0.15) is 0 Å². The van der Waals surface area contributed by atoms with Gasteiger partial charge in [-0.3, -0.25) is 0 Å². The van der Waals surface area contributed by atoms with Crippen LogP contribution in [0.1, 0.15) is 75.7 Å². The summed E-state index contributed by atoms with van der Waals surface area (Å²) in [4.78, 5) is 0. The molecule has 0 aromatic heterocycles. The standard InChI is InChI=1S/C29H43N2O2/c1-33-27-11-10-23-20-25(9-8-24(23)21-27)28(29(32)14-4-2-5-15-29)22-31(18-6-3-7-19-31)26-12-16-30-17-13-26/h8-11,20-21,26,28,30,32H,2-7,12-19,22H2,1H3/q+1. The maximum atomic E-state index is 12.1. The van der Waals surface area contributed by atoms with Crippen molar-refractivity contribution >= 4 is 10.8 Å². The van der Waals surface area contributed by atoms with Gasteiger partial charge in [0.1, 0.15) is 5.75 Å². The lowest BCUT2D eigenvalue weighted by Gasteiger charge is -2.52. The monoisotopic (exact) mass is 451 g/mol. The van der Waals surface area contributed by atoms with Crippen LogP contribution in [-0.4, -0.2) is 61.1 Å². The first kappa shape index (κ1) is 23.1. The normalized spacial score (nSPS) is 24.4. The van der Waals surface area contributed by atoms with Crippen molar-refractivity contribution in [3.8, 4) is 5.75 Å². The maximum Gasteiger partial charge on any atom is 0.119 e. The van der Waals surface area contributed by atoms with Crippen molar-refractivity contribution in [2.45, 2.75) is 81.8 Å². The first-order valence-corrected chi connectivity index (χ1v) is 13.5. The van der Waals surface area contributed by atoms with Gasteiger partial charge in [-0.15, -0.1) is 0 Å². The van der Waals surface area contributed by atoms with E-state index in [1.807, 2.05) is 0 Å². The molecule has 3 aliphatic rings. The van der Waals surface area contributed by atoms with E-state index in [1.54, 1.807) is 7.11 Å². The number of likely N-dealkylation sites (tertiary alicyclic amines) is 1. The highest BCUT2D eigenvalue weighted by atomic mass is 16.5. The Morgan fingerprint density at radius 2 is 1.61 bits per heavy atom. The van der Waals surface area contributed by atoms with Crippen molar-refractivity contribution in [1.82, 2.24) is 5.32 Å². The van der Waals surface area contributed by atoms with Crippen LogP contribution in [0.3, 0.4) is 0 Å². The van der Waals surface area contributed by atoms with E-state index in [9.17, 15) is 5.11 Å². The molecule has 0 spiro atoms. The number of methoxy groups -OCH3 is 1. The molecule has 2 saturated heterocycles. The van der Waals surface area contributed by atoms with Gasteiger partial charge in [0.05, 0.1) is 44.3 Å². The summed E-state index contributed by atoms with van der Waals surface area (Å²) in [6.45, 7) is 5.99. The van der Waals surface area contributed by atoms with Crippen molar-refractivity contribution in [2.24, 2.45) is 0 Å². The van der Waals surface area contributed by atoms with E-state index >= 15 is 0 Å². The number of benzene rings is 2. The number of fused-ring (bicyclic) bond motifs is 1. The average Bonchev–Trinajstić information content (AvgIpc) is 2.88. The van der Waals surface area contributed by atoms with Gasteiger partial charge in [0, 0.05) is 25.9 Å². The molecule has 1 saturated carbocycles. The Hall–Kier alpha value is -1.62. The minimum atomic E-state index is -0.575. The van der Waals surface area contributed by atoms with Crippen LogP contribution in [0.25, 0.3) is 10.8 Å². The van der Waals surface area contributed by atoms with Crippen LogP contribution in [-0.2, 0) is 0 Å². The Kier molecular flexibility index (Phi) is 6.96. The fraction of sp³-hybridized carbons (Fsp3) is 0.655. The molecule has 33 heavy (non-hydrogen) atoms. The van der Waals surface area contributed by atoms with Crippen LogP contribution in [0.5, 0.6) is 5.75 Å². The van der Waals surface area contributed by atoms with Gasteiger partial charge in [0.2, 0.25) is 0 Å². The van der Waals surface area contributed by atoms with Gasteiger partial charge in [-0.25, -0.2) is 0 Å². The number of piperidine rings is 2. The lowest BCUT2D eigenvalue weighted by atomic mass is 9.71. The molecular formula is C29H43N2O2+. The van der Waals surface area contributed by atoms with Crippen LogP contribution in [0.4, 0.5) is 0 Å². The predicted octanol–water partition coefficient (Wildman–Crippen LogP) is 5.38. The third-order valence-electron chi connectivity index (χ3n) is 9.18. The zero-order valence-electron chi connectivity index (χ0n) is 20.5. The summed E-state index contributed by atoms with van der Waals surface area (Å²) < 4.78 is 6.68. The molecule has 0 radical (unpaired) electrons. The summed E-state index contributed by atoms with van der Waals surface area (Å²) in [5.74, 6) is 1.11. The summed E-state index contributed by atoms with van der Waals surface area (Å²) in [5.41, 5.74) is 0.766. The largest absolute Gasteiger partial charge is 0.497 e. The van der Waals surface area contributed by atoms with Crippen molar-refractivity contribution in [3.63, 3.8) is 0 Å². The number of nitrogens with one attached hydrogen (secondary N) is 1. The second-order valence-corrected chi connectivity index (χ2v) is 11.1. The zero-order chi connectivity index (χ0) is 22.7. The molecule has 4 heteroatoms. The lowest BCUT2D eigenvalue weighted by Crippen LogP contribution is -2.63. The summed E-state index contributed by atoms with van der Waals surface area (Å²) in [6.07, 6.45) is 12.1. The van der Waals surface area contributed by atoms with Crippen LogP contribution in [0, 0.1) is 0 Å². The lowest BCUT2D eigenvalue weighted by molar-refractivity contribution is -0.958. The molecule has 1 unspecified atom stereocenters. The van der Waals surface area contributed by atoms with Gasteiger partial charge in [0.25, 0.3) is 0 Å². The summed E-state index contributed by atoms with van der Waals surface area (Å²) in [7, 11) is 1.73. The number of quaternary nitrogens is 1. The SMILES string of the molecule is COc1ccc2cc(C(C[N+]3(C4CCNCC4)CCCCC3)C3(O)CCCCC3)ccc2c1. The predicted molar refractivity (Wildman–Crippen MR) is 136 cm³/mol. The highest BCUT2D eigenvalue weighted by molar-refractivity contribution is 5.84. The van der Waals surface area contributed by atoms with Gasteiger partial charge in [-0.1, -0.05) is 43.5 Å². The smallest absolute Gasteiger partial charge is 0.119 e. The second kappa shape index (κ2) is 9.93. The highest BCUT2D eigenvalue weighted by Gasteiger charge is 2.47. The molecule has 2 aliphatic heterocycles. The van der Waals surface area contributed by atoms with Gasteiger partial charge in [-0.05, 0) is 60.6 Å². The van der Waals surface area contributed by atoms with E-state index in [2.05, 4.69) is 41.7 Å². The van der Waals surface area contributed by atoms with Crippen LogP contribution in [0.2, 0.25) is 0 Å². The average molecular weight is 452 g/mol. The van der Waals surface area contributed by atoms with Crippen molar-refractivity contribution < 1.29 is 14.3 Å². The first-order chi connectivity index (χ1) is 16.1. The van der Waals surface area contributed by atoms with Gasteiger partial charge >= 0.3 is 0 Å². The van der Waals surface area contributed by atoms with Gasteiger partial charge in [0.15, 0.2) is 0 Å². The fourth-order valence-corrected chi connectivity index (χ4v) is 7.24. The Morgan fingerprint density at radius 1 is 0.939 bits per heavy atom. The summed E-state index contributed by atoms with van der Waals surface area (Å²) >= 11 is 0. The van der Waals surface area contributed by atoms with E-state index in [-0.39, 0.29) is 5.92 Å². The highest BCUT2D eigenvalue weighted by Crippen LogP contribution is 2.44. The molecular weight excluding hydrogens is 408 g/mol. The molecule has 0 bridgehead atoms. The molecule has 2 N–H and O–H groups in total. The molecule has 2 aromatic rings. The Labute approximate surface area is 199 Å². The van der Waals surface area contributed by atoms with Crippen LogP contribution >= 0.6 is 0 Å². The van der Waals surface area contributed by atoms with E-state index in [0.29, 0.717) is 0 Å². The topological polar surface area (TPSA) is 41.5 Å². The number of nitrogens with zero attached hydrogens (tertiary/aromatic N) is 1. The molecule has 3 fully saturated rings. The number of aliphatic hydroxyl groups is 1. The zero-order valence-corrected chi connectivity index (χ0v) is 20.5. The van der Waals surface area contributed by atoms with E-state index < -0.39 is 5.60 Å². The Bertz CT molecular complexity index is 924. The number of hydrogen-bond acceptors (Lipinski definition) is 3. The molecule has 4 nitrogen and oxygen atoms in total. The molecule has 1 aliphatic carbocycles. The molecule has 5 rings (SSSR count). The molecule has 2 aromatic carbocycles. The number of ether oxygens (including phenoxy) is 1. The molecule has 180 valence electrons. The molecule has 2 heterocycles. The van der Waals surface area contributed by atoms with Crippen molar-refractivity contribution in [3.05, 3.63) is 42.0 Å². The molecule has 1 atom stereocenters. The minimum absolute atomic E-state index is 0.206. The first-order valence-electron chi connectivity index (χ1n) is 13.5. The van der Waals surface area contributed by atoms with Crippen molar-refractivity contribution in [1.29, 1.82) is 0 Å². The Morgan fingerprint density at radius 3 is 2.33 bits per heavy atom. The van der Waals surface area contributed by atoms with E-state index in [0.717, 1.165) is 57.1 Å². The maximum absolute atomic E-state index is 12.1. The van der Waals surface area contributed by atoms with Crippen LogP contribution in [0.15, 0.2) is 36.4 Å². The van der Waals surface area contributed by atoms with Crippen LogP contribution < -0.4 is 10.1 Å². The number of rotatable bonds is 6.